The molecule has 0 aromatic heterocycles. The van der Waals surface area contributed by atoms with E-state index in [4.69, 9.17) is 4.74 Å². The quantitative estimate of drug-likeness (QED) is 0.602. The Hall–Kier alpha value is -1.27. The van der Waals surface area contributed by atoms with Crippen LogP contribution in [0.15, 0.2) is 18.9 Å². The van der Waals surface area contributed by atoms with E-state index in [1.807, 2.05) is 10.8 Å². The second kappa shape index (κ2) is 4.93. The van der Waals surface area contributed by atoms with Gasteiger partial charge in [-0.05, 0) is 6.04 Å². The third-order valence-corrected chi connectivity index (χ3v) is 4.16. The van der Waals surface area contributed by atoms with Crippen LogP contribution in [0.25, 0.3) is 11.5 Å². The Kier molecular flexibility index (Phi) is 3.53. The zero-order valence-corrected chi connectivity index (χ0v) is 11.6. The number of aromatic nitrogens is 4. The molecule has 0 atom stereocenters. The molecule has 0 amide bonds. The summed E-state index contributed by atoms with van der Waals surface area (Å²) in [5, 5.41) is 0. The molecule has 2 aliphatic heterocycles. The highest BCUT2D eigenvalue weighted by Gasteiger charge is 2.12. The fraction of sp³-hybridized carbons (Fsp3) is 0.545. The normalized spacial score (nSPS) is 12.2. The molecule has 0 aliphatic carbocycles. The summed E-state index contributed by atoms with van der Waals surface area (Å²) in [5.74, 6) is 0.684. The third-order valence-electron chi connectivity index (χ3n) is 2.46. The minimum absolute atomic E-state index is 0.528. The Balaban J connectivity index is 1.85. The van der Waals surface area contributed by atoms with Crippen molar-refractivity contribution in [2.45, 2.75) is 32.4 Å². The van der Waals surface area contributed by atoms with Crippen LogP contribution < -0.4 is 0 Å². The first-order valence-electron chi connectivity index (χ1n) is 5.75. The van der Waals surface area contributed by atoms with Crippen LogP contribution in [0.2, 0.25) is 25.7 Å². The van der Waals surface area contributed by atoms with Crippen molar-refractivity contribution in [2.24, 2.45) is 0 Å². The van der Waals surface area contributed by atoms with E-state index in [-0.39, 0.29) is 0 Å². The molecule has 0 N–H and O–H groups in total. The molecule has 17 heavy (non-hydrogen) atoms. The standard InChI is InChI=1S/C11H18N4OSi/c1-17(2,3)5-4-16-9-15-6-10-11(14-8-15)13-7-12-10/h6-8H,4-5,9H2,1-3H3. The maximum atomic E-state index is 5.63. The summed E-state index contributed by atoms with van der Waals surface area (Å²) in [6.45, 7) is 8.37. The van der Waals surface area contributed by atoms with Gasteiger partial charge in [-0.3, -0.25) is 0 Å². The van der Waals surface area contributed by atoms with Crippen LogP contribution in [-0.2, 0) is 11.5 Å². The fourth-order valence-electron chi connectivity index (χ4n) is 1.40. The zero-order chi connectivity index (χ0) is 12.3. The predicted molar refractivity (Wildman–Crippen MR) is 68.5 cm³/mol. The lowest BCUT2D eigenvalue weighted by Gasteiger charge is -2.15. The molecule has 2 rings (SSSR count). The van der Waals surface area contributed by atoms with Crippen molar-refractivity contribution in [1.82, 2.24) is 19.5 Å². The molecular formula is C11H18N4OSi. The van der Waals surface area contributed by atoms with Gasteiger partial charge in [0.25, 0.3) is 0 Å². The van der Waals surface area contributed by atoms with E-state index in [1.54, 1.807) is 6.33 Å². The Labute approximate surface area is 102 Å². The van der Waals surface area contributed by atoms with Gasteiger partial charge in [0.15, 0.2) is 5.82 Å². The van der Waals surface area contributed by atoms with Gasteiger partial charge in [-0.15, -0.1) is 0 Å². The van der Waals surface area contributed by atoms with Crippen molar-refractivity contribution >= 4 is 8.07 Å². The summed E-state index contributed by atoms with van der Waals surface area (Å²) >= 11 is 0. The van der Waals surface area contributed by atoms with Gasteiger partial charge in [0.2, 0.25) is 0 Å². The number of hydrogen-bond donors (Lipinski definition) is 0. The van der Waals surface area contributed by atoms with Gasteiger partial charge in [0.05, 0.1) is 6.33 Å². The molecule has 0 bridgehead atoms. The molecule has 0 radical (unpaired) electrons. The Bertz CT molecular complexity index is 451. The van der Waals surface area contributed by atoms with Crippen LogP contribution in [-0.4, -0.2) is 34.2 Å². The summed E-state index contributed by atoms with van der Waals surface area (Å²) < 4.78 is 7.52. The molecule has 0 saturated heterocycles. The Morgan fingerprint density at radius 3 is 2.82 bits per heavy atom. The van der Waals surface area contributed by atoms with E-state index in [1.165, 1.54) is 12.4 Å². The third kappa shape index (κ3) is 3.60. The number of fused-ring (bicyclic) bond motifs is 1. The number of imidazole rings is 1. The van der Waals surface area contributed by atoms with E-state index >= 15 is 0 Å². The molecule has 2 aliphatic rings. The number of ether oxygens (including phenoxy) is 1. The Morgan fingerprint density at radius 2 is 2.06 bits per heavy atom. The van der Waals surface area contributed by atoms with Gasteiger partial charge in [-0.2, -0.15) is 0 Å². The molecule has 6 heteroatoms. The van der Waals surface area contributed by atoms with Crippen LogP contribution in [0.5, 0.6) is 0 Å². The number of nitrogens with zero attached hydrogens (tertiary/aromatic N) is 4. The SMILES string of the molecule is C[Si](C)(C)CCOCn1cnc2ncnc-2c1. The highest BCUT2D eigenvalue weighted by molar-refractivity contribution is 6.76. The van der Waals surface area contributed by atoms with Crippen LogP contribution in [0, 0.1) is 0 Å². The van der Waals surface area contributed by atoms with Crippen LogP contribution in [0.3, 0.4) is 0 Å². The van der Waals surface area contributed by atoms with Crippen molar-refractivity contribution in [2.75, 3.05) is 6.61 Å². The first kappa shape index (κ1) is 12.2. The van der Waals surface area contributed by atoms with Gasteiger partial charge in [-0.25, -0.2) is 15.0 Å². The maximum Gasteiger partial charge on any atom is 0.182 e. The van der Waals surface area contributed by atoms with Gasteiger partial charge in [0, 0.05) is 20.9 Å². The topological polar surface area (TPSA) is 52.8 Å². The lowest BCUT2D eigenvalue weighted by atomic mass is 10.4. The van der Waals surface area contributed by atoms with E-state index in [9.17, 15) is 0 Å². The van der Waals surface area contributed by atoms with Gasteiger partial charge in [0.1, 0.15) is 18.8 Å². The van der Waals surface area contributed by atoms with Crippen LogP contribution >= 0.6 is 0 Å². The molecule has 92 valence electrons. The van der Waals surface area contributed by atoms with Crippen molar-refractivity contribution < 1.29 is 4.74 Å². The minimum atomic E-state index is -1.00. The largest absolute Gasteiger partial charge is 0.361 e. The summed E-state index contributed by atoms with van der Waals surface area (Å²) in [6, 6.07) is 1.18. The average Bonchev–Trinajstić information content (AvgIpc) is 2.70. The van der Waals surface area contributed by atoms with E-state index in [0.717, 1.165) is 12.3 Å². The van der Waals surface area contributed by atoms with Crippen molar-refractivity contribution in [3.8, 4) is 11.5 Å². The summed E-state index contributed by atoms with van der Waals surface area (Å²) in [4.78, 5) is 12.3. The molecule has 0 unspecified atom stereocenters. The van der Waals surface area contributed by atoms with Crippen molar-refractivity contribution in [3.05, 3.63) is 18.9 Å². The molecule has 0 aromatic carbocycles. The second-order valence-electron chi connectivity index (χ2n) is 5.32. The molecule has 0 aromatic rings. The molecule has 0 spiro atoms. The zero-order valence-electron chi connectivity index (χ0n) is 10.6. The smallest absolute Gasteiger partial charge is 0.182 e. The highest BCUT2D eigenvalue weighted by Crippen LogP contribution is 2.12. The van der Waals surface area contributed by atoms with Crippen molar-refractivity contribution in [1.29, 1.82) is 0 Å². The summed E-state index contributed by atoms with van der Waals surface area (Å²) in [7, 11) is -1.00. The summed E-state index contributed by atoms with van der Waals surface area (Å²) in [5.41, 5.74) is 0.807. The van der Waals surface area contributed by atoms with E-state index < -0.39 is 8.07 Å². The first-order chi connectivity index (χ1) is 8.04. The van der Waals surface area contributed by atoms with Gasteiger partial charge in [-0.1, -0.05) is 19.6 Å². The minimum Gasteiger partial charge on any atom is -0.361 e. The average molecular weight is 250 g/mol. The summed E-state index contributed by atoms with van der Waals surface area (Å²) in [6.07, 6.45) is 5.16. The van der Waals surface area contributed by atoms with E-state index in [0.29, 0.717) is 12.6 Å². The monoisotopic (exact) mass is 250 g/mol. The van der Waals surface area contributed by atoms with Crippen molar-refractivity contribution in [3.63, 3.8) is 0 Å². The second-order valence-corrected chi connectivity index (χ2v) is 10.9. The molecular weight excluding hydrogens is 232 g/mol. The van der Waals surface area contributed by atoms with Gasteiger partial charge < -0.3 is 9.30 Å². The Morgan fingerprint density at radius 1 is 1.24 bits per heavy atom. The molecule has 2 heterocycles. The molecule has 5 nitrogen and oxygen atoms in total. The molecule has 0 saturated carbocycles. The number of hydrogen-bond acceptors (Lipinski definition) is 4. The fourth-order valence-corrected chi connectivity index (χ4v) is 2.16. The lowest BCUT2D eigenvalue weighted by molar-refractivity contribution is 0.0861. The number of rotatable bonds is 5. The predicted octanol–water partition coefficient (Wildman–Crippen LogP) is 2.09. The molecule has 0 fully saturated rings. The maximum absolute atomic E-state index is 5.63. The van der Waals surface area contributed by atoms with Crippen LogP contribution in [0.4, 0.5) is 0 Å². The van der Waals surface area contributed by atoms with Crippen LogP contribution in [0.1, 0.15) is 0 Å². The van der Waals surface area contributed by atoms with Gasteiger partial charge >= 0.3 is 0 Å². The first-order valence-corrected chi connectivity index (χ1v) is 9.45. The lowest BCUT2D eigenvalue weighted by Crippen LogP contribution is -2.22. The van der Waals surface area contributed by atoms with E-state index in [2.05, 4.69) is 34.6 Å². The highest BCUT2D eigenvalue weighted by atomic mass is 28.3.